The standard InChI is InChI=1S/C24H25F2N5O3/c1-13-15(12-29(3)28-13)16-8-17-14(10-27-16)11-30(23(32)31(17)24(2)6-7-24)22-20(25)18(33-4)9-19(34-5)21(22)26/h8-10,12H,6-7,11H2,1-5H3. The van der Waals surface area contributed by atoms with Crippen molar-refractivity contribution in [3.63, 3.8) is 0 Å². The van der Waals surface area contributed by atoms with Crippen LogP contribution in [0.3, 0.4) is 0 Å². The molecule has 0 N–H and O–H groups in total. The fraction of sp³-hybridized carbons (Fsp3) is 0.375. The van der Waals surface area contributed by atoms with Crippen molar-refractivity contribution in [3.8, 4) is 22.8 Å². The first-order valence-corrected chi connectivity index (χ1v) is 10.9. The number of urea groups is 1. The van der Waals surface area contributed by atoms with Crippen LogP contribution in [0.1, 0.15) is 31.0 Å². The molecule has 0 bridgehead atoms. The number of nitrogens with zero attached hydrogens (tertiary/aromatic N) is 5. The van der Waals surface area contributed by atoms with Crippen LogP contribution in [0, 0.1) is 18.6 Å². The van der Waals surface area contributed by atoms with Gasteiger partial charge in [0.2, 0.25) is 0 Å². The molecule has 10 heteroatoms. The van der Waals surface area contributed by atoms with Crippen molar-refractivity contribution in [1.82, 2.24) is 14.8 Å². The molecule has 1 fully saturated rings. The van der Waals surface area contributed by atoms with Gasteiger partial charge in [0.1, 0.15) is 5.69 Å². The zero-order valence-corrected chi connectivity index (χ0v) is 19.6. The highest BCUT2D eigenvalue weighted by Crippen LogP contribution is 2.49. The Hall–Kier alpha value is -3.69. The van der Waals surface area contributed by atoms with E-state index in [4.69, 9.17) is 9.47 Å². The van der Waals surface area contributed by atoms with E-state index in [0.29, 0.717) is 16.9 Å². The number of anilines is 2. The molecule has 3 heterocycles. The Morgan fingerprint density at radius 1 is 1.09 bits per heavy atom. The van der Waals surface area contributed by atoms with E-state index in [1.54, 1.807) is 15.8 Å². The number of rotatable bonds is 5. The van der Waals surface area contributed by atoms with E-state index in [9.17, 15) is 4.79 Å². The van der Waals surface area contributed by atoms with Crippen molar-refractivity contribution in [2.45, 2.75) is 38.8 Å². The second-order valence-electron chi connectivity index (χ2n) is 8.96. The predicted molar refractivity (Wildman–Crippen MR) is 122 cm³/mol. The molecule has 1 aliphatic heterocycles. The molecule has 0 unspecified atom stereocenters. The third-order valence-corrected chi connectivity index (χ3v) is 6.58. The van der Waals surface area contributed by atoms with E-state index >= 15 is 8.78 Å². The summed E-state index contributed by atoms with van der Waals surface area (Å²) in [5.41, 5.74) is 2.76. The third kappa shape index (κ3) is 3.27. The average Bonchev–Trinajstić information content (AvgIpc) is 3.45. The molecule has 8 nitrogen and oxygen atoms in total. The van der Waals surface area contributed by atoms with Crippen molar-refractivity contribution in [3.05, 3.63) is 47.4 Å². The zero-order chi connectivity index (χ0) is 24.4. The summed E-state index contributed by atoms with van der Waals surface area (Å²) < 4.78 is 42.4. The monoisotopic (exact) mass is 469 g/mol. The van der Waals surface area contributed by atoms with Gasteiger partial charge in [-0.05, 0) is 32.8 Å². The van der Waals surface area contributed by atoms with Gasteiger partial charge in [-0.3, -0.25) is 19.5 Å². The second-order valence-corrected chi connectivity index (χ2v) is 8.96. The summed E-state index contributed by atoms with van der Waals surface area (Å²) >= 11 is 0. The minimum Gasteiger partial charge on any atom is -0.493 e. The molecule has 2 aromatic heterocycles. The fourth-order valence-corrected chi connectivity index (χ4v) is 4.47. The van der Waals surface area contributed by atoms with Crippen LogP contribution in [0.4, 0.5) is 25.0 Å². The van der Waals surface area contributed by atoms with Crippen LogP contribution in [0.5, 0.6) is 11.5 Å². The van der Waals surface area contributed by atoms with Crippen LogP contribution in [-0.4, -0.2) is 40.6 Å². The van der Waals surface area contributed by atoms with Crippen LogP contribution in [0.25, 0.3) is 11.3 Å². The minimum atomic E-state index is -0.964. The highest BCUT2D eigenvalue weighted by atomic mass is 19.1. The van der Waals surface area contributed by atoms with Crippen molar-refractivity contribution in [1.29, 1.82) is 0 Å². The summed E-state index contributed by atoms with van der Waals surface area (Å²) in [5.74, 6) is -2.35. The summed E-state index contributed by atoms with van der Waals surface area (Å²) in [6, 6.07) is 2.47. The minimum absolute atomic E-state index is 0.0514. The van der Waals surface area contributed by atoms with Crippen LogP contribution in [-0.2, 0) is 13.6 Å². The lowest BCUT2D eigenvalue weighted by Gasteiger charge is -2.40. The number of methoxy groups -OCH3 is 2. The van der Waals surface area contributed by atoms with Crippen LogP contribution >= 0.6 is 0 Å². The lowest BCUT2D eigenvalue weighted by Crippen LogP contribution is -2.53. The second kappa shape index (κ2) is 7.68. The number of amides is 2. The Balaban J connectivity index is 1.67. The molecule has 1 aliphatic carbocycles. The van der Waals surface area contributed by atoms with Crippen molar-refractivity contribution in [2.24, 2.45) is 7.05 Å². The summed E-state index contributed by atoms with van der Waals surface area (Å²) in [6.45, 7) is 3.81. The van der Waals surface area contributed by atoms with Gasteiger partial charge in [0.15, 0.2) is 23.1 Å². The van der Waals surface area contributed by atoms with Gasteiger partial charge in [-0.15, -0.1) is 0 Å². The highest BCUT2D eigenvalue weighted by Gasteiger charge is 2.51. The molecule has 0 radical (unpaired) electrons. The lowest BCUT2D eigenvalue weighted by atomic mass is 10.0. The number of hydrogen-bond acceptors (Lipinski definition) is 5. The quantitative estimate of drug-likeness (QED) is 0.547. The maximum Gasteiger partial charge on any atom is 0.329 e. The SMILES string of the molecule is COc1cc(OC)c(F)c(N2Cc3cnc(-c4cn(C)nc4C)cc3N(C3(C)CC3)C2=O)c1F. The molecular formula is C24H25F2N5O3. The molecule has 2 amide bonds. The van der Waals surface area contributed by atoms with Gasteiger partial charge in [-0.25, -0.2) is 13.6 Å². The Morgan fingerprint density at radius 3 is 2.26 bits per heavy atom. The number of carbonyl (C=O) groups is 1. The van der Waals surface area contributed by atoms with E-state index in [0.717, 1.165) is 35.1 Å². The number of ether oxygens (including phenoxy) is 2. The molecule has 3 aromatic rings. The predicted octanol–water partition coefficient (Wildman–Crippen LogP) is 4.59. The van der Waals surface area contributed by atoms with Crippen molar-refractivity contribution < 1.29 is 23.0 Å². The van der Waals surface area contributed by atoms with Crippen molar-refractivity contribution >= 4 is 17.4 Å². The van der Waals surface area contributed by atoms with Gasteiger partial charge >= 0.3 is 6.03 Å². The Morgan fingerprint density at radius 2 is 1.74 bits per heavy atom. The Labute approximate surface area is 195 Å². The number of fused-ring (bicyclic) bond motifs is 1. The van der Waals surface area contributed by atoms with Crippen molar-refractivity contribution in [2.75, 3.05) is 24.0 Å². The summed E-state index contributed by atoms with van der Waals surface area (Å²) in [4.78, 5) is 21.1. The first-order chi connectivity index (χ1) is 16.2. The average molecular weight is 469 g/mol. The number of benzene rings is 1. The summed E-state index contributed by atoms with van der Waals surface area (Å²) in [6.07, 6.45) is 5.09. The normalized spacial score (nSPS) is 16.5. The number of carbonyl (C=O) groups excluding carboxylic acids is 1. The van der Waals surface area contributed by atoms with Gasteiger partial charge in [-0.2, -0.15) is 5.10 Å². The number of halogens is 2. The fourth-order valence-electron chi connectivity index (χ4n) is 4.47. The maximum absolute atomic E-state index is 15.3. The van der Waals surface area contributed by atoms with Gasteiger partial charge in [0.05, 0.1) is 37.8 Å². The zero-order valence-electron chi connectivity index (χ0n) is 19.6. The summed E-state index contributed by atoms with van der Waals surface area (Å²) in [7, 11) is 4.38. The van der Waals surface area contributed by atoms with E-state index in [1.165, 1.54) is 14.2 Å². The third-order valence-electron chi connectivity index (χ3n) is 6.58. The highest BCUT2D eigenvalue weighted by molar-refractivity contribution is 6.08. The molecule has 0 atom stereocenters. The Bertz CT molecular complexity index is 1290. The molecule has 5 rings (SSSR count). The molecule has 178 valence electrons. The Kier molecular flexibility index (Phi) is 5.00. The van der Waals surface area contributed by atoms with E-state index < -0.39 is 28.9 Å². The summed E-state index contributed by atoms with van der Waals surface area (Å²) in [5, 5.41) is 4.38. The molecule has 34 heavy (non-hydrogen) atoms. The van der Waals surface area contributed by atoms with E-state index in [2.05, 4.69) is 10.1 Å². The lowest BCUT2D eigenvalue weighted by molar-refractivity contribution is 0.246. The first-order valence-electron chi connectivity index (χ1n) is 10.9. The van der Waals surface area contributed by atoms with E-state index in [1.807, 2.05) is 33.2 Å². The first kappa shape index (κ1) is 22.1. The molecule has 2 aliphatic rings. The van der Waals surface area contributed by atoms with Crippen LogP contribution < -0.4 is 19.3 Å². The van der Waals surface area contributed by atoms with Crippen LogP contribution in [0.2, 0.25) is 0 Å². The molecular weight excluding hydrogens is 444 g/mol. The number of pyridine rings is 1. The molecule has 1 saturated carbocycles. The van der Waals surface area contributed by atoms with Gasteiger partial charge in [-0.1, -0.05) is 0 Å². The smallest absolute Gasteiger partial charge is 0.329 e. The topological polar surface area (TPSA) is 72.7 Å². The van der Waals surface area contributed by atoms with Gasteiger partial charge in [0.25, 0.3) is 0 Å². The number of aryl methyl sites for hydroxylation is 2. The maximum atomic E-state index is 15.3. The molecule has 0 saturated heterocycles. The number of hydrogen-bond donors (Lipinski definition) is 0. The molecule has 1 aromatic carbocycles. The van der Waals surface area contributed by atoms with Crippen LogP contribution in [0.15, 0.2) is 24.5 Å². The van der Waals surface area contributed by atoms with Gasteiger partial charge in [0, 0.05) is 42.2 Å². The largest absolute Gasteiger partial charge is 0.493 e. The van der Waals surface area contributed by atoms with Gasteiger partial charge < -0.3 is 9.47 Å². The van der Waals surface area contributed by atoms with E-state index in [-0.39, 0.29) is 18.0 Å². The number of aromatic nitrogens is 3. The molecule has 0 spiro atoms.